The van der Waals surface area contributed by atoms with Gasteiger partial charge in [-0.05, 0) is 39.0 Å². The van der Waals surface area contributed by atoms with E-state index in [-0.39, 0.29) is 0 Å². The Morgan fingerprint density at radius 3 is 2.46 bits per heavy atom. The third kappa shape index (κ3) is 4.50. The van der Waals surface area contributed by atoms with Crippen molar-refractivity contribution in [2.75, 3.05) is 0 Å². The summed E-state index contributed by atoms with van der Waals surface area (Å²) in [6.07, 6.45) is 1.50. The van der Waals surface area contributed by atoms with Gasteiger partial charge in [-0.25, -0.2) is 9.97 Å². The predicted molar refractivity (Wildman–Crippen MR) is 104 cm³/mol. The maximum atomic E-state index is 6.13. The lowest BCUT2D eigenvalue weighted by molar-refractivity contribution is 0.289. The van der Waals surface area contributed by atoms with Crippen LogP contribution < -0.4 is 4.74 Å². The Labute approximate surface area is 166 Å². The summed E-state index contributed by atoms with van der Waals surface area (Å²) in [5.74, 6) is 0.544. The van der Waals surface area contributed by atoms with E-state index in [0.717, 1.165) is 33.4 Å². The molecule has 0 aliphatic heterocycles. The lowest BCUT2D eigenvalue weighted by atomic mass is 10.3. The first kappa shape index (κ1) is 19.0. The van der Waals surface area contributed by atoms with E-state index < -0.39 is 0 Å². The van der Waals surface area contributed by atoms with Gasteiger partial charge < -0.3 is 4.74 Å². The molecule has 0 N–H and O–H groups in total. The van der Waals surface area contributed by atoms with Gasteiger partial charge in [-0.2, -0.15) is 5.10 Å². The van der Waals surface area contributed by atoms with E-state index in [0.29, 0.717) is 22.5 Å². The summed E-state index contributed by atoms with van der Waals surface area (Å²) in [4.78, 5) is 9.18. The third-order valence-corrected chi connectivity index (χ3v) is 5.25. The van der Waals surface area contributed by atoms with Gasteiger partial charge in [-0.3, -0.25) is 4.68 Å². The first-order valence-corrected chi connectivity index (χ1v) is 9.65. The molecule has 0 amide bonds. The molecule has 8 heteroatoms. The van der Waals surface area contributed by atoms with Crippen LogP contribution in [0, 0.1) is 13.8 Å². The van der Waals surface area contributed by atoms with Gasteiger partial charge in [-0.15, -0.1) is 0 Å². The van der Waals surface area contributed by atoms with Crippen LogP contribution in [-0.4, -0.2) is 19.7 Å². The van der Waals surface area contributed by atoms with Crippen molar-refractivity contribution in [1.29, 1.82) is 0 Å². The third-order valence-electron chi connectivity index (χ3n) is 3.69. The van der Waals surface area contributed by atoms with Crippen molar-refractivity contribution in [3.63, 3.8) is 0 Å². The molecule has 3 aromatic rings. The molecule has 0 radical (unpaired) electrons. The highest BCUT2D eigenvalue weighted by molar-refractivity contribution is 7.99. The fraction of sp³-hybridized carbons (Fsp3) is 0.278. The summed E-state index contributed by atoms with van der Waals surface area (Å²) in [6, 6.07) is 7.30. The van der Waals surface area contributed by atoms with E-state index in [2.05, 4.69) is 22.0 Å². The molecule has 3 rings (SSSR count). The van der Waals surface area contributed by atoms with Gasteiger partial charge >= 0.3 is 0 Å². The van der Waals surface area contributed by atoms with Gasteiger partial charge in [0.15, 0.2) is 0 Å². The first-order valence-electron chi connectivity index (χ1n) is 8.08. The number of aryl methyl sites for hydroxylation is 3. The topological polar surface area (TPSA) is 52.8 Å². The second kappa shape index (κ2) is 8.29. The minimum Gasteiger partial charge on any atom is -0.473 e. The number of hydrogen-bond donors (Lipinski definition) is 0. The molecule has 0 unspecified atom stereocenters. The number of halogens is 2. The Morgan fingerprint density at radius 1 is 1.08 bits per heavy atom. The van der Waals surface area contributed by atoms with Gasteiger partial charge in [-0.1, -0.05) is 35.0 Å². The Morgan fingerprint density at radius 2 is 1.81 bits per heavy atom. The van der Waals surface area contributed by atoms with E-state index in [1.165, 1.54) is 6.33 Å². The molecule has 0 spiro atoms. The zero-order valence-corrected chi connectivity index (χ0v) is 17.0. The van der Waals surface area contributed by atoms with Crippen LogP contribution in [0.5, 0.6) is 5.88 Å². The van der Waals surface area contributed by atoms with Crippen molar-refractivity contribution in [3.8, 4) is 5.88 Å². The molecule has 26 heavy (non-hydrogen) atoms. The van der Waals surface area contributed by atoms with Crippen LogP contribution in [0.25, 0.3) is 0 Å². The van der Waals surface area contributed by atoms with E-state index in [1.807, 2.05) is 36.7 Å². The summed E-state index contributed by atoms with van der Waals surface area (Å²) in [5, 5.41) is 6.84. The lowest BCUT2D eigenvalue weighted by Gasteiger charge is -2.10. The van der Waals surface area contributed by atoms with Gasteiger partial charge in [0.25, 0.3) is 0 Å². The van der Waals surface area contributed by atoms with Gasteiger partial charge in [0.05, 0.1) is 5.69 Å². The monoisotopic (exact) mass is 408 g/mol. The smallest absolute Gasteiger partial charge is 0.216 e. The normalized spacial score (nSPS) is 11.0. The van der Waals surface area contributed by atoms with Crippen LogP contribution in [-0.2, 0) is 13.2 Å². The Hall–Kier alpha value is -1.76. The molecule has 1 aromatic carbocycles. The number of rotatable bonds is 6. The fourth-order valence-electron chi connectivity index (χ4n) is 2.45. The molecule has 2 aromatic heterocycles. The van der Waals surface area contributed by atoms with Crippen LogP contribution in [0.2, 0.25) is 10.0 Å². The van der Waals surface area contributed by atoms with Crippen molar-refractivity contribution in [2.45, 2.75) is 43.8 Å². The van der Waals surface area contributed by atoms with E-state index in [9.17, 15) is 0 Å². The van der Waals surface area contributed by atoms with Crippen LogP contribution in [0.4, 0.5) is 0 Å². The Kier molecular flexibility index (Phi) is 6.06. The zero-order valence-electron chi connectivity index (χ0n) is 14.7. The molecule has 136 valence electrons. The van der Waals surface area contributed by atoms with Gasteiger partial charge in [0, 0.05) is 38.8 Å². The molecular weight excluding hydrogens is 391 g/mol. The number of aromatic nitrogens is 4. The van der Waals surface area contributed by atoms with Crippen molar-refractivity contribution in [3.05, 3.63) is 57.6 Å². The molecule has 0 fully saturated rings. The summed E-state index contributed by atoms with van der Waals surface area (Å²) in [5.41, 5.74) is 2.80. The average molecular weight is 409 g/mol. The second-order valence-electron chi connectivity index (χ2n) is 5.68. The maximum Gasteiger partial charge on any atom is 0.216 e. The molecular formula is C18H18Cl2N4OS. The summed E-state index contributed by atoms with van der Waals surface area (Å²) in [7, 11) is 0. The predicted octanol–water partition coefficient (Wildman–Crippen LogP) is 5.35. The quantitative estimate of drug-likeness (QED) is 0.550. The van der Waals surface area contributed by atoms with Crippen LogP contribution in [0.15, 0.2) is 40.5 Å². The largest absolute Gasteiger partial charge is 0.473 e. The van der Waals surface area contributed by atoms with Crippen LogP contribution in [0.1, 0.15) is 23.9 Å². The first-order chi connectivity index (χ1) is 12.5. The van der Waals surface area contributed by atoms with Crippen molar-refractivity contribution in [2.24, 2.45) is 0 Å². The number of hydrogen-bond acceptors (Lipinski definition) is 5. The average Bonchev–Trinajstić information content (AvgIpc) is 2.87. The Bertz CT molecular complexity index is 909. The maximum absolute atomic E-state index is 6.13. The molecule has 5 nitrogen and oxygen atoms in total. The van der Waals surface area contributed by atoms with Crippen molar-refractivity contribution >= 4 is 35.0 Å². The molecule has 0 aliphatic rings. The zero-order chi connectivity index (χ0) is 18.7. The number of nitrogens with zero attached hydrogens (tertiary/aromatic N) is 4. The van der Waals surface area contributed by atoms with Gasteiger partial charge in [0.2, 0.25) is 5.88 Å². The second-order valence-corrected chi connectivity index (χ2v) is 7.61. The molecule has 0 saturated carbocycles. The number of ether oxygens (including phenoxy) is 1. The molecule has 2 heterocycles. The number of benzene rings is 1. The van der Waals surface area contributed by atoms with Crippen LogP contribution in [0.3, 0.4) is 0 Å². The molecule has 0 atom stereocenters. The standard InChI is InChI=1S/C18H18Cl2N4OS/c1-4-24-18(26-15-7-13(19)6-14(20)8-15)16(12(3)23-24)9-25-17-5-11(2)21-10-22-17/h5-8,10H,4,9H2,1-3H3. The SMILES string of the molecule is CCn1nc(C)c(COc2cc(C)ncn2)c1Sc1cc(Cl)cc(Cl)c1. The fourth-order valence-corrected chi connectivity index (χ4v) is 4.30. The summed E-state index contributed by atoms with van der Waals surface area (Å²) >= 11 is 13.8. The molecule has 0 bridgehead atoms. The highest BCUT2D eigenvalue weighted by Crippen LogP contribution is 2.35. The molecule has 0 aliphatic carbocycles. The van der Waals surface area contributed by atoms with Crippen molar-refractivity contribution < 1.29 is 4.74 Å². The highest BCUT2D eigenvalue weighted by atomic mass is 35.5. The van der Waals surface area contributed by atoms with E-state index in [1.54, 1.807) is 17.8 Å². The van der Waals surface area contributed by atoms with E-state index >= 15 is 0 Å². The summed E-state index contributed by atoms with van der Waals surface area (Å²) < 4.78 is 7.82. The van der Waals surface area contributed by atoms with Gasteiger partial charge in [0.1, 0.15) is 18.0 Å². The van der Waals surface area contributed by atoms with Crippen molar-refractivity contribution in [1.82, 2.24) is 19.7 Å². The highest BCUT2D eigenvalue weighted by Gasteiger charge is 2.17. The van der Waals surface area contributed by atoms with E-state index in [4.69, 9.17) is 27.9 Å². The molecule has 0 saturated heterocycles. The lowest BCUT2D eigenvalue weighted by Crippen LogP contribution is -2.02. The Balaban J connectivity index is 1.88. The summed E-state index contributed by atoms with van der Waals surface area (Å²) in [6.45, 7) is 7.06. The minimum absolute atomic E-state index is 0.374. The minimum atomic E-state index is 0.374. The van der Waals surface area contributed by atoms with Crippen LogP contribution >= 0.6 is 35.0 Å².